The Hall–Kier alpha value is -1.59. The van der Waals surface area contributed by atoms with Gasteiger partial charge in [-0.3, -0.25) is 9.59 Å². The van der Waals surface area contributed by atoms with Gasteiger partial charge in [0, 0.05) is 16.7 Å². The Morgan fingerprint density at radius 2 is 2.00 bits per heavy atom. The predicted molar refractivity (Wildman–Crippen MR) is 78.5 cm³/mol. The highest BCUT2D eigenvalue weighted by Crippen LogP contribution is 2.20. The molecule has 0 fully saturated rings. The van der Waals surface area contributed by atoms with Crippen LogP contribution in [0.25, 0.3) is 0 Å². The molecular weight excluding hydrogens is 332 g/mol. The molecule has 0 saturated carbocycles. The second-order valence-corrected chi connectivity index (χ2v) is 5.16. The van der Waals surface area contributed by atoms with Crippen molar-refractivity contribution in [3.05, 3.63) is 62.4 Å². The van der Waals surface area contributed by atoms with Crippen LogP contribution >= 0.6 is 27.5 Å². The molecule has 0 aliphatic rings. The lowest BCUT2D eigenvalue weighted by atomic mass is 10.3. The van der Waals surface area contributed by atoms with Crippen molar-refractivity contribution in [2.45, 2.75) is 6.54 Å². The first kappa shape index (κ1) is 13.8. The zero-order valence-corrected chi connectivity index (χ0v) is 12.1. The lowest BCUT2D eigenvalue weighted by molar-refractivity contribution is -0.116. The van der Waals surface area contributed by atoms with E-state index >= 15 is 0 Å². The quantitative estimate of drug-likeness (QED) is 0.933. The van der Waals surface area contributed by atoms with Crippen LogP contribution in [-0.2, 0) is 11.3 Å². The number of amides is 1. The predicted octanol–water partition coefficient (Wildman–Crippen LogP) is 2.90. The zero-order valence-electron chi connectivity index (χ0n) is 9.77. The molecule has 1 N–H and O–H groups in total. The number of carbonyl (C=O) groups excluding carboxylic acids is 1. The SMILES string of the molecule is O=C(Cn1cc(Br)ccc1=O)Nc1ccccc1Cl. The van der Waals surface area contributed by atoms with E-state index in [0.29, 0.717) is 10.7 Å². The normalized spacial score (nSPS) is 10.2. The number of carbonyl (C=O) groups is 1. The lowest BCUT2D eigenvalue weighted by Gasteiger charge is -2.08. The molecule has 19 heavy (non-hydrogen) atoms. The maximum Gasteiger partial charge on any atom is 0.251 e. The molecule has 0 aliphatic heterocycles. The summed E-state index contributed by atoms with van der Waals surface area (Å²) < 4.78 is 2.05. The highest BCUT2D eigenvalue weighted by atomic mass is 79.9. The van der Waals surface area contributed by atoms with Gasteiger partial charge in [0.25, 0.3) is 5.56 Å². The maximum absolute atomic E-state index is 11.9. The number of pyridine rings is 1. The molecule has 4 nitrogen and oxygen atoms in total. The Morgan fingerprint density at radius 1 is 1.26 bits per heavy atom. The summed E-state index contributed by atoms with van der Waals surface area (Å²) in [7, 11) is 0. The Balaban J connectivity index is 2.12. The molecule has 2 aromatic rings. The van der Waals surface area contributed by atoms with Crippen molar-refractivity contribution < 1.29 is 4.79 Å². The fraction of sp³-hybridized carbons (Fsp3) is 0.0769. The van der Waals surface area contributed by atoms with Crippen LogP contribution in [0.4, 0.5) is 5.69 Å². The minimum Gasteiger partial charge on any atom is -0.323 e. The van der Waals surface area contributed by atoms with Crippen LogP contribution in [0.3, 0.4) is 0 Å². The molecule has 98 valence electrons. The molecule has 0 unspecified atom stereocenters. The number of nitrogens with zero attached hydrogens (tertiary/aromatic N) is 1. The van der Waals surface area contributed by atoms with Gasteiger partial charge in [0.1, 0.15) is 6.54 Å². The fourth-order valence-electron chi connectivity index (χ4n) is 1.53. The summed E-state index contributed by atoms with van der Waals surface area (Å²) in [6.45, 7) is -0.0660. The van der Waals surface area contributed by atoms with Crippen LogP contribution in [0.5, 0.6) is 0 Å². The van der Waals surface area contributed by atoms with E-state index in [1.807, 2.05) is 0 Å². The standard InChI is InChI=1S/C13H10BrClN2O2/c14-9-5-6-13(19)17(7-9)8-12(18)16-11-4-2-1-3-10(11)15/h1-7H,8H2,(H,16,18). The second kappa shape index (κ2) is 6.04. The molecule has 0 atom stereocenters. The van der Waals surface area contributed by atoms with Crippen LogP contribution in [0.2, 0.25) is 5.02 Å². The Kier molecular flexibility index (Phi) is 4.39. The van der Waals surface area contributed by atoms with Gasteiger partial charge in [0.15, 0.2) is 0 Å². The zero-order chi connectivity index (χ0) is 13.8. The van der Waals surface area contributed by atoms with Gasteiger partial charge in [-0.2, -0.15) is 0 Å². The molecule has 2 rings (SSSR count). The van der Waals surface area contributed by atoms with E-state index in [1.165, 1.54) is 10.6 Å². The third-order valence-electron chi connectivity index (χ3n) is 2.41. The average Bonchev–Trinajstić information content (AvgIpc) is 2.37. The molecular formula is C13H10BrClN2O2. The lowest BCUT2D eigenvalue weighted by Crippen LogP contribution is -2.26. The fourth-order valence-corrected chi connectivity index (χ4v) is 2.10. The van der Waals surface area contributed by atoms with E-state index in [9.17, 15) is 9.59 Å². The molecule has 1 heterocycles. The van der Waals surface area contributed by atoms with Crippen LogP contribution in [0.1, 0.15) is 0 Å². The molecule has 1 aromatic heterocycles. The minimum absolute atomic E-state index is 0.0660. The van der Waals surface area contributed by atoms with Crippen molar-refractivity contribution in [3.8, 4) is 0 Å². The van der Waals surface area contributed by atoms with Crippen LogP contribution < -0.4 is 10.9 Å². The first-order valence-electron chi connectivity index (χ1n) is 5.46. The maximum atomic E-state index is 11.9. The van der Waals surface area contributed by atoms with Crippen LogP contribution in [-0.4, -0.2) is 10.5 Å². The van der Waals surface area contributed by atoms with Crippen LogP contribution in [0, 0.1) is 0 Å². The first-order chi connectivity index (χ1) is 9.06. The van der Waals surface area contributed by atoms with Gasteiger partial charge in [0.05, 0.1) is 10.7 Å². The third kappa shape index (κ3) is 3.68. The van der Waals surface area contributed by atoms with E-state index in [-0.39, 0.29) is 18.0 Å². The number of hydrogen-bond acceptors (Lipinski definition) is 2. The van der Waals surface area contributed by atoms with Crippen molar-refractivity contribution in [2.24, 2.45) is 0 Å². The largest absolute Gasteiger partial charge is 0.323 e. The van der Waals surface area contributed by atoms with Crippen molar-refractivity contribution >= 4 is 39.1 Å². The number of rotatable bonds is 3. The summed E-state index contributed by atoms with van der Waals surface area (Å²) >= 11 is 9.19. The number of nitrogens with one attached hydrogen (secondary N) is 1. The van der Waals surface area contributed by atoms with Gasteiger partial charge in [0.2, 0.25) is 5.91 Å². The van der Waals surface area contributed by atoms with Gasteiger partial charge < -0.3 is 9.88 Å². The summed E-state index contributed by atoms with van der Waals surface area (Å²) in [6.07, 6.45) is 1.56. The molecule has 6 heteroatoms. The van der Waals surface area contributed by atoms with Gasteiger partial charge in [-0.05, 0) is 34.1 Å². The highest BCUT2D eigenvalue weighted by Gasteiger charge is 2.07. The first-order valence-corrected chi connectivity index (χ1v) is 6.64. The summed E-state index contributed by atoms with van der Waals surface area (Å²) in [4.78, 5) is 23.4. The monoisotopic (exact) mass is 340 g/mol. The molecule has 0 saturated heterocycles. The van der Waals surface area contributed by atoms with Crippen molar-refractivity contribution in [3.63, 3.8) is 0 Å². The molecule has 1 aromatic carbocycles. The molecule has 0 aliphatic carbocycles. The second-order valence-electron chi connectivity index (χ2n) is 3.84. The molecule has 0 bridgehead atoms. The smallest absolute Gasteiger partial charge is 0.251 e. The van der Waals surface area contributed by atoms with E-state index < -0.39 is 0 Å². The number of aromatic nitrogens is 1. The third-order valence-corrected chi connectivity index (χ3v) is 3.21. The van der Waals surface area contributed by atoms with E-state index in [0.717, 1.165) is 4.47 Å². The van der Waals surface area contributed by atoms with E-state index in [1.54, 1.807) is 36.5 Å². The van der Waals surface area contributed by atoms with Gasteiger partial charge >= 0.3 is 0 Å². The van der Waals surface area contributed by atoms with Gasteiger partial charge in [-0.15, -0.1) is 0 Å². The van der Waals surface area contributed by atoms with Crippen molar-refractivity contribution in [2.75, 3.05) is 5.32 Å². The average molecular weight is 342 g/mol. The number of benzene rings is 1. The minimum atomic E-state index is -0.312. The highest BCUT2D eigenvalue weighted by molar-refractivity contribution is 9.10. The Bertz CT molecular complexity index is 670. The number of halogens is 2. The topological polar surface area (TPSA) is 51.1 Å². The number of hydrogen-bond donors (Lipinski definition) is 1. The van der Waals surface area contributed by atoms with Crippen molar-refractivity contribution in [1.29, 1.82) is 0 Å². The van der Waals surface area contributed by atoms with E-state index in [2.05, 4.69) is 21.2 Å². The summed E-state index contributed by atoms with van der Waals surface area (Å²) in [5, 5.41) is 3.12. The molecule has 0 radical (unpaired) electrons. The Morgan fingerprint density at radius 3 is 2.74 bits per heavy atom. The Labute approximate surface area is 123 Å². The van der Waals surface area contributed by atoms with Gasteiger partial charge in [-0.25, -0.2) is 0 Å². The summed E-state index contributed by atoms with van der Waals surface area (Å²) in [5.41, 5.74) is 0.287. The molecule has 1 amide bonds. The van der Waals surface area contributed by atoms with Gasteiger partial charge in [-0.1, -0.05) is 23.7 Å². The van der Waals surface area contributed by atoms with E-state index in [4.69, 9.17) is 11.6 Å². The summed E-state index contributed by atoms with van der Waals surface area (Å²) in [5.74, 6) is -0.312. The van der Waals surface area contributed by atoms with Crippen molar-refractivity contribution in [1.82, 2.24) is 4.57 Å². The van der Waals surface area contributed by atoms with Crippen LogP contribution in [0.15, 0.2) is 51.9 Å². The molecule has 0 spiro atoms. The summed E-state index contributed by atoms with van der Waals surface area (Å²) in [6, 6.07) is 9.95. The number of para-hydroxylation sites is 1. The number of anilines is 1.